The molecule has 0 saturated carbocycles. The number of hydrogen-bond acceptors (Lipinski definition) is 3. The molecule has 0 aliphatic carbocycles. The molecule has 2 rings (SSSR count). The van der Waals surface area contributed by atoms with Gasteiger partial charge in [0, 0.05) is 5.39 Å². The van der Waals surface area contributed by atoms with E-state index in [2.05, 4.69) is 15.5 Å². The first kappa shape index (κ1) is 16.8. The standard InChI is InChI=1S/C13H17ClN4O.ClH/c1-3-7-13(2,15)12(19)16-11-8-5-4-6-9(14)10(8)17-18-11;/h4-6H,3,7,15H2,1-2H3,(H2,16,17,18,19);1H. The smallest absolute Gasteiger partial charge is 0.245 e. The summed E-state index contributed by atoms with van der Waals surface area (Å²) < 4.78 is 0. The first-order chi connectivity index (χ1) is 8.95. The second-order valence-corrected chi connectivity index (χ2v) is 5.26. The van der Waals surface area contributed by atoms with Gasteiger partial charge in [0.2, 0.25) is 5.91 Å². The predicted molar refractivity (Wildman–Crippen MR) is 84.5 cm³/mol. The Hall–Kier alpha value is -1.30. The summed E-state index contributed by atoms with van der Waals surface area (Å²) in [6, 6.07) is 5.41. The van der Waals surface area contributed by atoms with Gasteiger partial charge in [0.15, 0.2) is 5.82 Å². The van der Waals surface area contributed by atoms with Crippen molar-refractivity contribution in [3.63, 3.8) is 0 Å². The third-order valence-electron chi connectivity index (χ3n) is 3.07. The minimum absolute atomic E-state index is 0. The number of anilines is 1. The Kier molecular flexibility index (Phi) is 5.39. The van der Waals surface area contributed by atoms with Gasteiger partial charge in [-0.05, 0) is 25.5 Å². The average molecular weight is 317 g/mol. The van der Waals surface area contributed by atoms with E-state index in [4.69, 9.17) is 17.3 Å². The van der Waals surface area contributed by atoms with E-state index in [1.54, 1.807) is 13.0 Å². The molecule has 0 saturated heterocycles. The van der Waals surface area contributed by atoms with Crippen LogP contribution in [0.15, 0.2) is 18.2 Å². The van der Waals surface area contributed by atoms with Crippen LogP contribution in [-0.2, 0) is 4.79 Å². The van der Waals surface area contributed by atoms with Crippen molar-refractivity contribution >= 4 is 46.6 Å². The molecule has 1 heterocycles. The fourth-order valence-corrected chi connectivity index (χ4v) is 2.20. The topological polar surface area (TPSA) is 83.8 Å². The number of nitrogens with two attached hydrogens (primary N) is 1. The summed E-state index contributed by atoms with van der Waals surface area (Å²) in [5.41, 5.74) is 5.78. The zero-order chi connectivity index (χ0) is 14.0. The van der Waals surface area contributed by atoms with Crippen LogP contribution in [0.2, 0.25) is 5.02 Å². The molecule has 7 heteroatoms. The summed E-state index contributed by atoms with van der Waals surface area (Å²) in [7, 11) is 0. The normalized spacial score (nSPS) is 13.6. The van der Waals surface area contributed by atoms with Crippen LogP contribution in [0.1, 0.15) is 26.7 Å². The Balaban J connectivity index is 0.00000200. The molecule has 1 aromatic heterocycles. The lowest BCUT2D eigenvalue weighted by Crippen LogP contribution is -2.48. The van der Waals surface area contributed by atoms with E-state index in [0.717, 1.165) is 11.8 Å². The van der Waals surface area contributed by atoms with Crippen LogP contribution in [0.25, 0.3) is 10.9 Å². The van der Waals surface area contributed by atoms with Gasteiger partial charge < -0.3 is 11.1 Å². The molecule has 4 N–H and O–H groups in total. The van der Waals surface area contributed by atoms with Crippen LogP contribution < -0.4 is 11.1 Å². The second-order valence-electron chi connectivity index (χ2n) is 4.86. The fraction of sp³-hybridized carbons (Fsp3) is 0.385. The number of carbonyl (C=O) groups is 1. The van der Waals surface area contributed by atoms with Gasteiger partial charge >= 0.3 is 0 Å². The maximum absolute atomic E-state index is 12.1. The molecule has 1 aromatic carbocycles. The van der Waals surface area contributed by atoms with Gasteiger partial charge in [-0.15, -0.1) is 12.4 Å². The molecule has 1 atom stereocenters. The summed E-state index contributed by atoms with van der Waals surface area (Å²) in [5, 5.41) is 11.0. The highest BCUT2D eigenvalue weighted by atomic mass is 35.5. The number of fused-ring (bicyclic) bond motifs is 1. The number of aromatic amines is 1. The van der Waals surface area contributed by atoms with Gasteiger partial charge in [-0.25, -0.2) is 0 Å². The highest BCUT2D eigenvalue weighted by Gasteiger charge is 2.28. The first-order valence-corrected chi connectivity index (χ1v) is 6.56. The fourth-order valence-electron chi connectivity index (χ4n) is 1.99. The molecule has 0 aliphatic rings. The number of aromatic nitrogens is 2. The predicted octanol–water partition coefficient (Wildman–Crippen LogP) is 3.09. The number of carbonyl (C=O) groups excluding carboxylic acids is 1. The van der Waals surface area contributed by atoms with E-state index >= 15 is 0 Å². The Morgan fingerprint density at radius 2 is 2.25 bits per heavy atom. The van der Waals surface area contributed by atoms with E-state index < -0.39 is 5.54 Å². The quantitative estimate of drug-likeness (QED) is 0.810. The van der Waals surface area contributed by atoms with Crippen molar-refractivity contribution in [2.75, 3.05) is 5.32 Å². The van der Waals surface area contributed by atoms with Crippen molar-refractivity contribution in [3.05, 3.63) is 23.2 Å². The Bertz CT molecular complexity index is 609. The SMILES string of the molecule is CCCC(C)(N)C(=O)Nc1n[nH]c2c(Cl)cccc12.Cl. The maximum atomic E-state index is 12.1. The van der Waals surface area contributed by atoms with Crippen LogP contribution >= 0.6 is 24.0 Å². The third kappa shape index (κ3) is 3.23. The second kappa shape index (κ2) is 6.43. The van der Waals surface area contributed by atoms with Crippen LogP contribution in [0, 0.1) is 0 Å². The monoisotopic (exact) mass is 316 g/mol. The highest BCUT2D eigenvalue weighted by Crippen LogP contribution is 2.27. The number of para-hydroxylation sites is 1. The Labute approximate surface area is 128 Å². The third-order valence-corrected chi connectivity index (χ3v) is 3.38. The summed E-state index contributed by atoms with van der Waals surface area (Å²) in [6.07, 6.45) is 1.45. The number of hydrogen-bond donors (Lipinski definition) is 3. The number of H-pyrrole nitrogens is 1. The highest BCUT2D eigenvalue weighted by molar-refractivity contribution is 6.35. The number of amides is 1. The largest absolute Gasteiger partial charge is 0.318 e. The molecule has 1 amide bonds. The molecule has 0 bridgehead atoms. The van der Waals surface area contributed by atoms with Crippen molar-refractivity contribution in [2.24, 2.45) is 5.73 Å². The molecule has 5 nitrogen and oxygen atoms in total. The lowest BCUT2D eigenvalue weighted by atomic mass is 9.96. The molecule has 0 fully saturated rings. The number of nitrogens with zero attached hydrogens (tertiary/aromatic N) is 1. The van der Waals surface area contributed by atoms with Crippen molar-refractivity contribution in [3.8, 4) is 0 Å². The summed E-state index contributed by atoms with van der Waals surface area (Å²) in [6.45, 7) is 3.70. The van der Waals surface area contributed by atoms with Crippen molar-refractivity contribution in [1.29, 1.82) is 0 Å². The van der Waals surface area contributed by atoms with Crippen LogP contribution in [0.4, 0.5) is 5.82 Å². The minimum Gasteiger partial charge on any atom is -0.318 e. The Morgan fingerprint density at radius 1 is 1.55 bits per heavy atom. The number of rotatable bonds is 4. The lowest BCUT2D eigenvalue weighted by molar-refractivity contribution is -0.120. The van der Waals surface area contributed by atoms with Crippen LogP contribution in [0.5, 0.6) is 0 Å². The lowest BCUT2D eigenvalue weighted by Gasteiger charge is -2.22. The van der Waals surface area contributed by atoms with Gasteiger partial charge in [0.1, 0.15) is 0 Å². The molecule has 0 aliphatic heterocycles. The van der Waals surface area contributed by atoms with E-state index in [0.29, 0.717) is 22.8 Å². The molecule has 20 heavy (non-hydrogen) atoms. The average Bonchev–Trinajstić information content (AvgIpc) is 2.74. The number of nitrogens with one attached hydrogen (secondary N) is 2. The van der Waals surface area contributed by atoms with E-state index in [9.17, 15) is 4.79 Å². The van der Waals surface area contributed by atoms with Crippen LogP contribution in [0.3, 0.4) is 0 Å². The molecule has 0 spiro atoms. The summed E-state index contributed by atoms with van der Waals surface area (Å²) in [5.74, 6) is 0.206. The number of benzene rings is 1. The van der Waals surface area contributed by atoms with Crippen LogP contribution in [-0.4, -0.2) is 21.6 Å². The van der Waals surface area contributed by atoms with Gasteiger partial charge in [-0.2, -0.15) is 5.10 Å². The van der Waals surface area contributed by atoms with Crippen molar-refractivity contribution in [2.45, 2.75) is 32.2 Å². The number of halogens is 2. The first-order valence-electron chi connectivity index (χ1n) is 6.18. The zero-order valence-corrected chi connectivity index (χ0v) is 12.9. The molecule has 0 radical (unpaired) electrons. The van der Waals surface area contributed by atoms with E-state index in [1.165, 1.54) is 0 Å². The maximum Gasteiger partial charge on any atom is 0.245 e. The van der Waals surface area contributed by atoms with Gasteiger partial charge in [0.25, 0.3) is 0 Å². The van der Waals surface area contributed by atoms with Crippen molar-refractivity contribution < 1.29 is 4.79 Å². The Morgan fingerprint density at radius 3 is 2.90 bits per heavy atom. The zero-order valence-electron chi connectivity index (χ0n) is 11.4. The van der Waals surface area contributed by atoms with Gasteiger partial charge in [0.05, 0.1) is 16.1 Å². The molecular formula is C13H18Cl2N4O. The molecular weight excluding hydrogens is 299 g/mol. The minimum atomic E-state index is -0.904. The molecule has 2 aromatic rings. The summed E-state index contributed by atoms with van der Waals surface area (Å²) in [4.78, 5) is 12.1. The van der Waals surface area contributed by atoms with E-state index in [1.807, 2.05) is 19.1 Å². The van der Waals surface area contributed by atoms with E-state index in [-0.39, 0.29) is 18.3 Å². The molecule has 110 valence electrons. The van der Waals surface area contributed by atoms with Gasteiger partial charge in [-0.3, -0.25) is 9.89 Å². The molecule has 1 unspecified atom stereocenters. The summed E-state index contributed by atoms with van der Waals surface area (Å²) >= 11 is 6.04. The van der Waals surface area contributed by atoms with Gasteiger partial charge in [-0.1, -0.05) is 31.0 Å². The van der Waals surface area contributed by atoms with Crippen molar-refractivity contribution in [1.82, 2.24) is 10.2 Å².